The number of carbonyl (C=O) groups excluding carboxylic acids is 1. The lowest BCUT2D eigenvalue weighted by Crippen LogP contribution is -2.24. The largest absolute Gasteiger partial charge is 0.481 e. The minimum atomic E-state index is -4.30. The summed E-state index contributed by atoms with van der Waals surface area (Å²) < 4.78 is 31.1. The van der Waals surface area contributed by atoms with Crippen LogP contribution in [0.2, 0.25) is 0 Å². The first-order valence-corrected chi connectivity index (χ1v) is 11.8. The van der Waals surface area contributed by atoms with E-state index in [1.54, 1.807) is 0 Å². The van der Waals surface area contributed by atoms with Gasteiger partial charge in [-0.25, -0.2) is 0 Å². The van der Waals surface area contributed by atoms with Gasteiger partial charge in [0.2, 0.25) is 5.91 Å². The van der Waals surface area contributed by atoms with Crippen molar-refractivity contribution >= 4 is 22.0 Å². The second-order valence-corrected chi connectivity index (χ2v) is 8.72. The predicted octanol–water partition coefficient (Wildman–Crippen LogP) is 4.14. The molecule has 0 radical (unpaired) electrons. The number of carbonyl (C=O) groups is 2. The van der Waals surface area contributed by atoms with Crippen LogP contribution in [-0.2, 0) is 19.7 Å². The van der Waals surface area contributed by atoms with Crippen molar-refractivity contribution in [1.29, 1.82) is 0 Å². The second-order valence-electron chi connectivity index (χ2n) is 7.30. The Morgan fingerprint density at radius 2 is 1.59 bits per heavy atom. The number of hydrogen-bond acceptors (Lipinski definition) is 4. The van der Waals surface area contributed by atoms with E-state index in [0.29, 0.717) is 37.8 Å². The summed E-state index contributed by atoms with van der Waals surface area (Å²) in [6.07, 6.45) is 9.03. The van der Waals surface area contributed by atoms with Gasteiger partial charge in [-0.3, -0.25) is 14.1 Å². The van der Waals surface area contributed by atoms with Gasteiger partial charge in [-0.1, -0.05) is 57.6 Å². The fraction of sp³-hybridized carbons (Fsp3) is 0.619. The van der Waals surface area contributed by atoms with Crippen LogP contribution in [0.4, 0.5) is 0 Å². The summed E-state index contributed by atoms with van der Waals surface area (Å²) in [6, 6.07) is 5.21. The zero-order valence-corrected chi connectivity index (χ0v) is 17.9. The van der Waals surface area contributed by atoms with Gasteiger partial charge in [0.15, 0.2) is 0 Å². The number of rotatable bonds is 15. The Morgan fingerprint density at radius 1 is 0.966 bits per heavy atom. The number of carboxylic acids is 1. The highest BCUT2D eigenvalue weighted by Crippen LogP contribution is 2.24. The normalized spacial score (nSPS) is 12.5. The number of carboxylic acid groups (broad SMARTS) is 1. The highest BCUT2D eigenvalue weighted by atomic mass is 32.2. The van der Waals surface area contributed by atoms with Gasteiger partial charge < -0.3 is 10.4 Å². The van der Waals surface area contributed by atoms with Gasteiger partial charge in [0.05, 0.1) is 10.8 Å². The maximum absolute atomic E-state index is 11.8. The van der Waals surface area contributed by atoms with Gasteiger partial charge in [0.25, 0.3) is 10.1 Å². The van der Waals surface area contributed by atoms with Gasteiger partial charge in [-0.05, 0) is 37.0 Å². The predicted molar refractivity (Wildman–Crippen MR) is 111 cm³/mol. The molecule has 29 heavy (non-hydrogen) atoms. The van der Waals surface area contributed by atoms with E-state index in [2.05, 4.69) is 12.2 Å². The number of aliphatic carboxylic acids is 1. The van der Waals surface area contributed by atoms with Gasteiger partial charge in [-0.15, -0.1) is 0 Å². The molecule has 3 N–H and O–H groups in total. The van der Waals surface area contributed by atoms with Crippen molar-refractivity contribution in [3.8, 4) is 0 Å². The third-order valence-corrected chi connectivity index (χ3v) is 5.75. The molecule has 0 aromatic heterocycles. The van der Waals surface area contributed by atoms with Gasteiger partial charge in [0, 0.05) is 13.0 Å². The van der Waals surface area contributed by atoms with Crippen LogP contribution in [0, 0.1) is 0 Å². The van der Waals surface area contributed by atoms with Crippen LogP contribution in [-0.4, -0.2) is 36.5 Å². The lowest BCUT2D eigenvalue weighted by molar-refractivity contribution is -0.139. The fourth-order valence-electron chi connectivity index (χ4n) is 3.16. The monoisotopic (exact) mass is 427 g/mol. The lowest BCUT2D eigenvalue weighted by atomic mass is 9.94. The zero-order valence-electron chi connectivity index (χ0n) is 17.1. The van der Waals surface area contributed by atoms with Crippen molar-refractivity contribution in [2.45, 2.75) is 81.9 Å². The van der Waals surface area contributed by atoms with E-state index in [0.717, 1.165) is 12.8 Å². The maximum atomic E-state index is 11.8. The molecule has 0 bridgehead atoms. The van der Waals surface area contributed by atoms with E-state index in [4.69, 9.17) is 4.55 Å². The van der Waals surface area contributed by atoms with E-state index in [-0.39, 0.29) is 10.8 Å². The Morgan fingerprint density at radius 3 is 2.17 bits per heavy atom. The molecule has 8 heteroatoms. The molecule has 0 heterocycles. The van der Waals surface area contributed by atoms with Crippen LogP contribution in [0.25, 0.3) is 0 Å². The SMILES string of the molecule is CCCCCCCCC(=O)NCCCCC(C(=O)O)c1ccc(S(=O)(=O)O)cc1. The molecule has 1 atom stereocenters. The smallest absolute Gasteiger partial charge is 0.310 e. The number of hydrogen-bond donors (Lipinski definition) is 3. The number of unbranched alkanes of at least 4 members (excludes halogenated alkanes) is 6. The van der Waals surface area contributed by atoms with Crippen LogP contribution >= 0.6 is 0 Å². The minimum Gasteiger partial charge on any atom is -0.481 e. The molecular formula is C21H33NO6S. The van der Waals surface area contributed by atoms with Crippen molar-refractivity contribution in [1.82, 2.24) is 5.32 Å². The molecule has 1 aromatic rings. The summed E-state index contributed by atoms with van der Waals surface area (Å²) in [5.41, 5.74) is 0.483. The standard InChI is InChI=1S/C21H33NO6S/c1-2-3-4-5-6-7-11-20(23)22-16-9-8-10-19(21(24)25)17-12-14-18(15-13-17)29(26,27)28/h12-15,19H,2-11,16H2,1H3,(H,22,23)(H,24,25)(H,26,27,28). The van der Waals surface area contributed by atoms with E-state index >= 15 is 0 Å². The van der Waals surface area contributed by atoms with Crippen molar-refractivity contribution in [2.24, 2.45) is 0 Å². The second kappa shape index (κ2) is 13.3. The molecule has 0 fully saturated rings. The van der Waals surface area contributed by atoms with E-state index in [1.807, 2.05) is 0 Å². The lowest BCUT2D eigenvalue weighted by Gasteiger charge is -2.13. The molecule has 0 aliphatic rings. The van der Waals surface area contributed by atoms with Crippen molar-refractivity contribution < 1.29 is 27.7 Å². The highest BCUT2D eigenvalue weighted by Gasteiger charge is 2.20. The first-order valence-electron chi connectivity index (χ1n) is 10.3. The Balaban J connectivity index is 2.30. The van der Waals surface area contributed by atoms with E-state index < -0.39 is 22.0 Å². The van der Waals surface area contributed by atoms with Crippen molar-refractivity contribution in [3.05, 3.63) is 29.8 Å². The Kier molecular flexibility index (Phi) is 11.5. The number of nitrogens with one attached hydrogen (secondary N) is 1. The molecule has 1 rings (SSSR count). The third-order valence-electron chi connectivity index (χ3n) is 4.88. The summed E-state index contributed by atoms with van der Waals surface area (Å²) in [6.45, 7) is 2.69. The van der Waals surface area contributed by atoms with Crippen LogP contribution in [0.1, 0.15) is 82.6 Å². The molecule has 164 valence electrons. The quantitative estimate of drug-likeness (QED) is 0.286. The molecule has 0 saturated carbocycles. The first-order chi connectivity index (χ1) is 13.8. The van der Waals surface area contributed by atoms with Gasteiger partial charge in [0.1, 0.15) is 0 Å². The molecule has 1 amide bonds. The van der Waals surface area contributed by atoms with Crippen LogP contribution in [0.15, 0.2) is 29.2 Å². The summed E-state index contributed by atoms with van der Waals surface area (Å²) in [5.74, 6) is -1.71. The van der Waals surface area contributed by atoms with Crippen molar-refractivity contribution in [2.75, 3.05) is 6.54 Å². The molecule has 1 unspecified atom stereocenters. The maximum Gasteiger partial charge on any atom is 0.310 e. The molecule has 0 spiro atoms. The Labute approximate surface area is 173 Å². The van der Waals surface area contributed by atoms with Gasteiger partial charge >= 0.3 is 5.97 Å². The summed E-state index contributed by atoms with van der Waals surface area (Å²) in [7, 11) is -4.30. The first kappa shape index (κ1) is 25.1. The summed E-state index contributed by atoms with van der Waals surface area (Å²) in [5, 5.41) is 12.3. The average molecular weight is 428 g/mol. The van der Waals surface area contributed by atoms with Crippen LogP contribution in [0.5, 0.6) is 0 Å². The Hall–Kier alpha value is -1.93. The molecule has 0 saturated heterocycles. The average Bonchev–Trinajstić information content (AvgIpc) is 2.66. The molecule has 0 aliphatic carbocycles. The zero-order chi connectivity index (χ0) is 21.7. The fourth-order valence-corrected chi connectivity index (χ4v) is 3.64. The molecule has 7 nitrogen and oxygen atoms in total. The number of benzene rings is 1. The summed E-state index contributed by atoms with van der Waals surface area (Å²) >= 11 is 0. The topological polar surface area (TPSA) is 121 Å². The van der Waals surface area contributed by atoms with Crippen molar-refractivity contribution in [3.63, 3.8) is 0 Å². The molecule has 1 aromatic carbocycles. The Bertz CT molecular complexity index is 730. The van der Waals surface area contributed by atoms with Crippen LogP contribution < -0.4 is 5.32 Å². The third kappa shape index (κ3) is 10.4. The van der Waals surface area contributed by atoms with Gasteiger partial charge in [-0.2, -0.15) is 8.42 Å². The highest BCUT2D eigenvalue weighted by molar-refractivity contribution is 7.85. The minimum absolute atomic E-state index is 0.0380. The van der Waals surface area contributed by atoms with Crippen LogP contribution in [0.3, 0.4) is 0 Å². The van der Waals surface area contributed by atoms with E-state index in [1.165, 1.54) is 49.9 Å². The molecular weight excluding hydrogens is 394 g/mol. The summed E-state index contributed by atoms with van der Waals surface area (Å²) in [4.78, 5) is 23.1. The number of amides is 1. The molecule has 0 aliphatic heterocycles. The van der Waals surface area contributed by atoms with E-state index in [9.17, 15) is 23.1 Å².